The van der Waals surface area contributed by atoms with Crippen LogP contribution in [0.4, 0.5) is 11.4 Å². The van der Waals surface area contributed by atoms with E-state index in [0.29, 0.717) is 0 Å². The molecule has 0 aliphatic heterocycles. The number of nitrogens with two attached hydrogens (primary N) is 1. The molecule has 0 fully saturated rings. The van der Waals surface area contributed by atoms with Gasteiger partial charge in [-0.05, 0) is 48.9 Å². The maximum Gasteiger partial charge on any atom is 0.331 e. The maximum absolute atomic E-state index is 12.4. The van der Waals surface area contributed by atoms with Crippen LogP contribution < -0.4 is 15.8 Å². The van der Waals surface area contributed by atoms with Crippen molar-refractivity contribution < 1.29 is 37.6 Å². The molecule has 0 spiro atoms. The summed E-state index contributed by atoms with van der Waals surface area (Å²) in [4.78, 5) is 46.9. The third-order valence-electron chi connectivity index (χ3n) is 4.66. The number of rotatable bonds is 11. The highest BCUT2D eigenvalue weighted by molar-refractivity contribution is 7.89. The average molecular weight is 509 g/mol. The lowest BCUT2D eigenvalue weighted by Gasteiger charge is -2.22. The highest BCUT2D eigenvalue weighted by atomic mass is 32.2. The molecule has 0 saturated heterocycles. The summed E-state index contributed by atoms with van der Waals surface area (Å²) in [6.45, 7) is 1.51. The van der Waals surface area contributed by atoms with Crippen molar-refractivity contribution in [1.82, 2.24) is 5.32 Å². The highest BCUT2D eigenvalue weighted by Crippen LogP contribution is 2.21. The number of nitrogens with zero attached hydrogens (tertiary/aromatic N) is 1. The van der Waals surface area contributed by atoms with Gasteiger partial charge in [-0.3, -0.25) is 19.7 Å². The highest BCUT2D eigenvalue weighted by Gasteiger charge is 2.31. The molecular formula is C21H24N4O9S. The second kappa shape index (κ2) is 12.0. The summed E-state index contributed by atoms with van der Waals surface area (Å²) in [5, 5.41) is 31.2. The number of carbonyl (C=O) groups excluding carboxylic acids is 3. The Morgan fingerprint density at radius 1 is 1.06 bits per heavy atom. The number of nitro groups is 1. The van der Waals surface area contributed by atoms with Crippen LogP contribution in [0.2, 0.25) is 0 Å². The molecule has 2 atom stereocenters. The van der Waals surface area contributed by atoms with Crippen molar-refractivity contribution in [2.75, 3.05) is 11.9 Å². The summed E-state index contributed by atoms with van der Waals surface area (Å²) in [6.07, 6.45) is -2.19. The number of aliphatic hydroxyl groups is 1. The van der Waals surface area contributed by atoms with E-state index in [9.17, 15) is 38.0 Å². The number of esters is 1. The first-order valence-electron chi connectivity index (χ1n) is 10.2. The molecule has 2 amide bonds. The summed E-state index contributed by atoms with van der Waals surface area (Å²) in [5.74, 6) is -2.22. The number of sulfonamides is 1. The number of anilines is 1. The Balaban J connectivity index is 1.99. The fourth-order valence-corrected chi connectivity index (χ4v) is 3.42. The number of hydrogen-bond donors (Lipinski definition) is 4. The SMILES string of the molecule is CCOC(=O)[C@H](NC(=O)CCC(=O)Nc1ccc(S(N)(=O)=O)cc1)[C@H](O)c1ccc([N+](=O)[O-])cc1. The first kappa shape index (κ1) is 27.4. The van der Waals surface area contributed by atoms with Crippen molar-refractivity contribution in [3.05, 3.63) is 64.2 Å². The summed E-state index contributed by atoms with van der Waals surface area (Å²) in [5.41, 5.74) is 0.193. The molecule has 0 bridgehead atoms. The molecule has 5 N–H and O–H groups in total. The van der Waals surface area contributed by atoms with Gasteiger partial charge in [0.1, 0.15) is 6.10 Å². The van der Waals surface area contributed by atoms with Gasteiger partial charge in [0, 0.05) is 30.7 Å². The van der Waals surface area contributed by atoms with Gasteiger partial charge in [0.2, 0.25) is 21.8 Å². The van der Waals surface area contributed by atoms with Crippen molar-refractivity contribution in [3.63, 3.8) is 0 Å². The number of non-ortho nitro benzene ring substituents is 1. The van der Waals surface area contributed by atoms with E-state index < -0.39 is 44.9 Å². The number of amides is 2. The Bertz CT molecular complexity index is 1180. The van der Waals surface area contributed by atoms with E-state index in [1.54, 1.807) is 0 Å². The monoisotopic (exact) mass is 508 g/mol. The number of primary sulfonamides is 1. The largest absolute Gasteiger partial charge is 0.464 e. The molecule has 35 heavy (non-hydrogen) atoms. The normalized spacial score (nSPS) is 12.8. The molecule has 0 aliphatic rings. The minimum absolute atomic E-state index is 0.0230. The van der Waals surface area contributed by atoms with Gasteiger partial charge in [-0.25, -0.2) is 18.4 Å². The smallest absolute Gasteiger partial charge is 0.331 e. The summed E-state index contributed by atoms with van der Waals surface area (Å²) >= 11 is 0. The van der Waals surface area contributed by atoms with E-state index in [1.807, 2.05) is 0 Å². The third-order valence-corrected chi connectivity index (χ3v) is 5.59. The van der Waals surface area contributed by atoms with Gasteiger partial charge in [0.15, 0.2) is 6.04 Å². The standard InChI is InChI=1S/C21H24N4O9S/c1-2-34-21(29)19(20(28)13-3-7-15(8-4-13)25(30)31)24-18(27)12-11-17(26)23-14-5-9-16(10-6-14)35(22,32)33/h3-10,19-20,28H,2,11-12H2,1H3,(H,23,26)(H,24,27)(H2,22,32,33)/t19-,20-/m1/s1. The minimum atomic E-state index is -3.88. The van der Waals surface area contributed by atoms with Crippen LogP contribution >= 0.6 is 0 Å². The second-order valence-electron chi connectivity index (χ2n) is 7.21. The van der Waals surface area contributed by atoms with Crippen molar-refractivity contribution in [2.24, 2.45) is 5.14 Å². The lowest BCUT2D eigenvalue weighted by molar-refractivity contribution is -0.384. The average Bonchev–Trinajstić information content (AvgIpc) is 2.80. The lowest BCUT2D eigenvalue weighted by Crippen LogP contribution is -2.46. The number of nitrogens with one attached hydrogen (secondary N) is 2. The fourth-order valence-electron chi connectivity index (χ4n) is 2.91. The van der Waals surface area contributed by atoms with Gasteiger partial charge >= 0.3 is 5.97 Å². The lowest BCUT2D eigenvalue weighted by atomic mass is 10.0. The minimum Gasteiger partial charge on any atom is -0.464 e. The maximum atomic E-state index is 12.4. The summed E-state index contributed by atoms with van der Waals surface area (Å²) < 4.78 is 27.4. The van der Waals surface area contributed by atoms with Gasteiger partial charge in [0.05, 0.1) is 16.4 Å². The van der Waals surface area contributed by atoms with Crippen LogP contribution in [0.1, 0.15) is 31.4 Å². The van der Waals surface area contributed by atoms with E-state index in [1.165, 1.54) is 43.3 Å². The van der Waals surface area contributed by atoms with E-state index in [4.69, 9.17) is 9.88 Å². The van der Waals surface area contributed by atoms with Gasteiger partial charge in [0.25, 0.3) is 5.69 Å². The number of aliphatic hydroxyl groups excluding tert-OH is 1. The van der Waals surface area contributed by atoms with Gasteiger partial charge < -0.3 is 20.5 Å². The molecule has 0 aromatic heterocycles. The number of nitro benzene ring substituents is 1. The molecule has 188 valence electrons. The van der Waals surface area contributed by atoms with Crippen LogP contribution in [-0.4, -0.2) is 48.9 Å². The molecule has 2 rings (SSSR count). The summed E-state index contributed by atoms with van der Waals surface area (Å²) in [7, 11) is -3.88. The Labute approximate surface area is 200 Å². The zero-order valence-corrected chi connectivity index (χ0v) is 19.4. The molecule has 14 heteroatoms. The molecule has 2 aromatic carbocycles. The van der Waals surface area contributed by atoms with Crippen LogP contribution in [0.15, 0.2) is 53.4 Å². The van der Waals surface area contributed by atoms with Crippen LogP contribution in [0, 0.1) is 10.1 Å². The van der Waals surface area contributed by atoms with Crippen LogP contribution in [0.5, 0.6) is 0 Å². The molecule has 0 heterocycles. The molecule has 13 nitrogen and oxygen atoms in total. The molecule has 2 aromatic rings. The van der Waals surface area contributed by atoms with E-state index >= 15 is 0 Å². The molecule has 0 unspecified atom stereocenters. The van der Waals surface area contributed by atoms with Crippen molar-refractivity contribution >= 4 is 39.2 Å². The number of benzene rings is 2. The Kier molecular flexibility index (Phi) is 9.39. The number of ether oxygens (including phenoxy) is 1. The van der Waals surface area contributed by atoms with Gasteiger partial charge in [-0.15, -0.1) is 0 Å². The predicted octanol–water partition coefficient (Wildman–Crippen LogP) is 0.742. The van der Waals surface area contributed by atoms with Crippen molar-refractivity contribution in [1.29, 1.82) is 0 Å². The zero-order chi connectivity index (χ0) is 26.2. The Morgan fingerprint density at radius 3 is 2.14 bits per heavy atom. The Hall–Kier alpha value is -3.88. The zero-order valence-electron chi connectivity index (χ0n) is 18.5. The molecule has 0 aliphatic carbocycles. The molecule has 0 radical (unpaired) electrons. The van der Waals surface area contributed by atoms with Crippen LogP contribution in [0.3, 0.4) is 0 Å². The molecular weight excluding hydrogens is 484 g/mol. The number of hydrogen-bond acceptors (Lipinski definition) is 9. The first-order chi connectivity index (χ1) is 16.4. The van der Waals surface area contributed by atoms with E-state index in [-0.39, 0.29) is 41.3 Å². The van der Waals surface area contributed by atoms with Crippen molar-refractivity contribution in [2.45, 2.75) is 36.8 Å². The van der Waals surface area contributed by atoms with E-state index in [2.05, 4.69) is 10.6 Å². The Morgan fingerprint density at radius 2 is 1.63 bits per heavy atom. The molecule has 0 saturated carbocycles. The fraction of sp³-hybridized carbons (Fsp3) is 0.286. The van der Waals surface area contributed by atoms with Crippen molar-refractivity contribution in [3.8, 4) is 0 Å². The third kappa shape index (κ3) is 8.13. The quantitative estimate of drug-likeness (QED) is 0.191. The van der Waals surface area contributed by atoms with Gasteiger partial charge in [-0.2, -0.15) is 0 Å². The van der Waals surface area contributed by atoms with Crippen LogP contribution in [-0.2, 0) is 29.1 Å². The van der Waals surface area contributed by atoms with Crippen LogP contribution in [0.25, 0.3) is 0 Å². The number of carbonyl (C=O) groups is 3. The predicted molar refractivity (Wildman–Crippen MR) is 122 cm³/mol. The van der Waals surface area contributed by atoms with E-state index in [0.717, 1.165) is 12.1 Å². The second-order valence-corrected chi connectivity index (χ2v) is 8.77. The van der Waals surface area contributed by atoms with Gasteiger partial charge in [-0.1, -0.05) is 0 Å². The first-order valence-corrected chi connectivity index (χ1v) is 11.8. The topological polar surface area (TPSA) is 208 Å². The summed E-state index contributed by atoms with van der Waals surface area (Å²) in [6, 6.07) is 8.33.